The molecule has 0 aliphatic rings. The normalized spacial score (nSPS) is 11.7. The molecule has 2 rings (SSSR count). The molecule has 0 aliphatic heterocycles. The summed E-state index contributed by atoms with van der Waals surface area (Å²) < 4.78 is 26.8. The van der Waals surface area contributed by atoms with Crippen LogP contribution in [0.4, 0.5) is 0 Å². The molecule has 4 N–H and O–H groups in total. The Bertz CT molecular complexity index is 636. The number of aryl methyl sites for hydroxylation is 1. The second-order valence-electron chi connectivity index (χ2n) is 4.72. The van der Waals surface area contributed by atoms with Crippen LogP contribution in [0, 0.1) is 0 Å². The molecule has 0 unspecified atom stereocenters. The number of nitrogens with two attached hydrogens (primary N) is 1. The fraction of sp³-hybridized carbons (Fsp3) is 0.357. The van der Waals surface area contributed by atoms with E-state index in [-0.39, 0.29) is 4.90 Å². The second-order valence-corrected chi connectivity index (χ2v) is 6.49. The van der Waals surface area contributed by atoms with Crippen molar-refractivity contribution in [3.8, 4) is 0 Å². The molecule has 1 aromatic heterocycles. The summed E-state index contributed by atoms with van der Waals surface area (Å²) in [5, 5.41) is 0. The van der Waals surface area contributed by atoms with Crippen molar-refractivity contribution in [2.45, 2.75) is 24.2 Å². The summed E-state index contributed by atoms with van der Waals surface area (Å²) >= 11 is 0. The van der Waals surface area contributed by atoms with E-state index in [0.717, 1.165) is 24.2 Å². The highest BCUT2D eigenvalue weighted by Crippen LogP contribution is 2.11. The molecule has 0 fully saturated rings. The molecule has 0 amide bonds. The molecule has 21 heavy (non-hydrogen) atoms. The Morgan fingerprint density at radius 1 is 1.19 bits per heavy atom. The Morgan fingerprint density at radius 2 is 1.95 bits per heavy atom. The average Bonchev–Trinajstić information content (AvgIpc) is 2.98. The summed E-state index contributed by atoms with van der Waals surface area (Å²) in [5.41, 5.74) is 6.55. The van der Waals surface area contributed by atoms with Crippen LogP contribution < -0.4 is 10.5 Å². The number of nitrogens with one attached hydrogen (secondary N) is 2. The standard InChI is InChI=1S/C14H20N4O2S/c15-8-1-2-12-3-5-13(6-4-12)21(19,20)18-9-7-14-16-10-11-17-14/h3-6,10-11,18H,1-2,7-9,15H2,(H,16,17). The first-order valence-electron chi connectivity index (χ1n) is 6.89. The second kappa shape index (κ2) is 7.35. The molecule has 7 heteroatoms. The summed E-state index contributed by atoms with van der Waals surface area (Å²) in [5.74, 6) is 0.759. The SMILES string of the molecule is NCCCc1ccc(S(=O)(=O)NCCc2ncc[nH]2)cc1. The van der Waals surface area contributed by atoms with E-state index in [1.807, 2.05) is 12.1 Å². The Hall–Kier alpha value is -1.70. The van der Waals surface area contributed by atoms with Crippen molar-refractivity contribution in [3.05, 3.63) is 48.0 Å². The maximum absolute atomic E-state index is 12.1. The first kappa shape index (κ1) is 15.7. The van der Waals surface area contributed by atoms with E-state index in [1.165, 1.54) is 0 Å². The number of benzene rings is 1. The van der Waals surface area contributed by atoms with Gasteiger partial charge in [-0.2, -0.15) is 0 Å². The van der Waals surface area contributed by atoms with E-state index in [2.05, 4.69) is 14.7 Å². The molecular weight excluding hydrogens is 288 g/mol. The van der Waals surface area contributed by atoms with Crippen molar-refractivity contribution >= 4 is 10.0 Å². The van der Waals surface area contributed by atoms with Gasteiger partial charge in [-0.15, -0.1) is 0 Å². The van der Waals surface area contributed by atoms with Gasteiger partial charge in [-0.3, -0.25) is 0 Å². The van der Waals surface area contributed by atoms with Gasteiger partial charge in [-0.05, 0) is 37.1 Å². The van der Waals surface area contributed by atoms with E-state index in [0.29, 0.717) is 19.5 Å². The van der Waals surface area contributed by atoms with Gasteiger partial charge >= 0.3 is 0 Å². The molecule has 0 spiro atoms. The van der Waals surface area contributed by atoms with Gasteiger partial charge in [0.15, 0.2) is 0 Å². The van der Waals surface area contributed by atoms with Gasteiger partial charge in [0.05, 0.1) is 4.90 Å². The van der Waals surface area contributed by atoms with Crippen LogP contribution in [0.1, 0.15) is 17.8 Å². The molecule has 114 valence electrons. The molecule has 6 nitrogen and oxygen atoms in total. The number of H-pyrrole nitrogens is 1. The first-order chi connectivity index (χ1) is 10.1. The molecule has 0 radical (unpaired) electrons. The number of hydrogen-bond donors (Lipinski definition) is 3. The van der Waals surface area contributed by atoms with Gasteiger partial charge in [0, 0.05) is 25.4 Å². The number of rotatable bonds is 8. The predicted octanol–water partition coefficient (Wildman–Crippen LogP) is 0.822. The Kier molecular flexibility index (Phi) is 5.49. The highest BCUT2D eigenvalue weighted by atomic mass is 32.2. The van der Waals surface area contributed by atoms with Gasteiger partial charge in [0.25, 0.3) is 0 Å². The third-order valence-electron chi connectivity index (χ3n) is 3.11. The Balaban J connectivity index is 1.92. The van der Waals surface area contributed by atoms with Crippen molar-refractivity contribution in [1.29, 1.82) is 0 Å². The molecular formula is C14H20N4O2S. The zero-order valence-corrected chi connectivity index (χ0v) is 12.6. The van der Waals surface area contributed by atoms with Crippen LogP contribution in [0.25, 0.3) is 0 Å². The van der Waals surface area contributed by atoms with Crippen molar-refractivity contribution in [2.75, 3.05) is 13.1 Å². The van der Waals surface area contributed by atoms with Crippen LogP contribution in [0.15, 0.2) is 41.6 Å². The predicted molar refractivity (Wildman–Crippen MR) is 81.3 cm³/mol. The number of sulfonamides is 1. The van der Waals surface area contributed by atoms with Crippen LogP contribution in [0.5, 0.6) is 0 Å². The summed E-state index contributed by atoms with van der Waals surface area (Å²) in [6.45, 7) is 0.944. The zero-order valence-electron chi connectivity index (χ0n) is 11.7. The van der Waals surface area contributed by atoms with Crippen LogP contribution in [0.3, 0.4) is 0 Å². The highest BCUT2D eigenvalue weighted by Gasteiger charge is 2.13. The third-order valence-corrected chi connectivity index (χ3v) is 4.59. The summed E-state index contributed by atoms with van der Waals surface area (Å²) in [7, 11) is -3.47. The third kappa shape index (κ3) is 4.66. The van der Waals surface area contributed by atoms with Crippen LogP contribution in [-0.4, -0.2) is 31.5 Å². The summed E-state index contributed by atoms with van der Waals surface area (Å²) in [4.78, 5) is 7.26. The first-order valence-corrected chi connectivity index (χ1v) is 8.37. The van der Waals surface area contributed by atoms with E-state index >= 15 is 0 Å². The Morgan fingerprint density at radius 3 is 2.57 bits per heavy atom. The molecule has 2 aromatic rings. The lowest BCUT2D eigenvalue weighted by Crippen LogP contribution is -2.26. The van der Waals surface area contributed by atoms with Gasteiger partial charge < -0.3 is 10.7 Å². The lowest BCUT2D eigenvalue weighted by Gasteiger charge is -2.07. The smallest absolute Gasteiger partial charge is 0.240 e. The molecule has 1 heterocycles. The maximum atomic E-state index is 12.1. The average molecular weight is 308 g/mol. The minimum absolute atomic E-state index is 0.276. The molecule has 0 atom stereocenters. The lowest BCUT2D eigenvalue weighted by molar-refractivity contribution is 0.581. The quantitative estimate of drug-likeness (QED) is 0.672. The van der Waals surface area contributed by atoms with E-state index in [9.17, 15) is 8.42 Å². The Labute approximate surface area is 124 Å². The minimum atomic E-state index is -3.47. The van der Waals surface area contributed by atoms with Crippen molar-refractivity contribution < 1.29 is 8.42 Å². The summed E-state index contributed by atoms with van der Waals surface area (Å²) in [6, 6.07) is 6.91. The number of imidazole rings is 1. The summed E-state index contributed by atoms with van der Waals surface area (Å²) in [6.07, 6.45) is 5.64. The van der Waals surface area contributed by atoms with E-state index in [4.69, 9.17) is 5.73 Å². The van der Waals surface area contributed by atoms with Gasteiger partial charge in [-0.1, -0.05) is 12.1 Å². The zero-order chi connectivity index (χ0) is 15.1. The molecule has 0 saturated carbocycles. The number of nitrogens with zero attached hydrogens (tertiary/aromatic N) is 1. The largest absolute Gasteiger partial charge is 0.349 e. The molecule has 0 aliphatic carbocycles. The van der Waals surface area contributed by atoms with Crippen LogP contribution in [-0.2, 0) is 22.9 Å². The van der Waals surface area contributed by atoms with E-state index < -0.39 is 10.0 Å². The number of aromatic amines is 1. The van der Waals surface area contributed by atoms with Gasteiger partial charge in [0.1, 0.15) is 5.82 Å². The number of aromatic nitrogens is 2. The molecule has 1 aromatic carbocycles. The monoisotopic (exact) mass is 308 g/mol. The van der Waals surface area contributed by atoms with Gasteiger partial charge in [-0.25, -0.2) is 18.1 Å². The lowest BCUT2D eigenvalue weighted by atomic mass is 10.1. The van der Waals surface area contributed by atoms with Crippen molar-refractivity contribution in [3.63, 3.8) is 0 Å². The molecule has 0 bridgehead atoms. The van der Waals surface area contributed by atoms with Crippen LogP contribution >= 0.6 is 0 Å². The van der Waals surface area contributed by atoms with Crippen molar-refractivity contribution in [2.24, 2.45) is 5.73 Å². The maximum Gasteiger partial charge on any atom is 0.240 e. The highest BCUT2D eigenvalue weighted by molar-refractivity contribution is 7.89. The van der Waals surface area contributed by atoms with Gasteiger partial charge in [0.2, 0.25) is 10.0 Å². The molecule has 0 saturated heterocycles. The fourth-order valence-corrected chi connectivity index (χ4v) is 3.00. The van der Waals surface area contributed by atoms with Crippen molar-refractivity contribution in [1.82, 2.24) is 14.7 Å². The van der Waals surface area contributed by atoms with Crippen LogP contribution in [0.2, 0.25) is 0 Å². The number of hydrogen-bond acceptors (Lipinski definition) is 4. The minimum Gasteiger partial charge on any atom is -0.349 e. The topological polar surface area (TPSA) is 101 Å². The van der Waals surface area contributed by atoms with E-state index in [1.54, 1.807) is 24.5 Å². The fourth-order valence-electron chi connectivity index (χ4n) is 1.96.